The van der Waals surface area contributed by atoms with E-state index in [4.69, 9.17) is 20.3 Å². The molecule has 0 atom stereocenters. The summed E-state index contributed by atoms with van der Waals surface area (Å²) in [6.45, 7) is 1.14. The summed E-state index contributed by atoms with van der Waals surface area (Å²) in [5.41, 5.74) is 2.75. The molecule has 0 amide bonds. The van der Waals surface area contributed by atoms with Crippen molar-refractivity contribution in [3.05, 3.63) is 37.2 Å². The number of carbonyl (C=O) groups is 3. The van der Waals surface area contributed by atoms with Crippen molar-refractivity contribution >= 4 is 46.3 Å². The van der Waals surface area contributed by atoms with E-state index in [0.717, 1.165) is 0 Å². The number of aromatic nitrogens is 1. The Morgan fingerprint density at radius 2 is 1.72 bits per heavy atom. The molecule has 6 N–H and O–H groups in total. The standard InChI is InChI=1S/C17H15IN2O9/c1-2-28-8-4-6(3-7(18)13(8)29-5-9(21)22)10-11(16(24)25)14(19)20-15(23)12(10)17(26)27/h3-4H,2,5H2,1H3,(H,21,22)(H,24,25)(H,26,27)(H3,19,20,23). The fourth-order valence-corrected chi connectivity index (χ4v) is 3.34. The number of carboxylic acid groups (broad SMARTS) is 3. The first-order valence-electron chi connectivity index (χ1n) is 7.92. The summed E-state index contributed by atoms with van der Waals surface area (Å²) in [6, 6.07) is 2.60. The monoisotopic (exact) mass is 518 g/mol. The lowest BCUT2D eigenvalue weighted by Crippen LogP contribution is -2.24. The summed E-state index contributed by atoms with van der Waals surface area (Å²) in [5.74, 6) is -4.82. The van der Waals surface area contributed by atoms with Crippen LogP contribution in [0.25, 0.3) is 11.1 Å². The zero-order chi connectivity index (χ0) is 21.9. The fraction of sp³-hybridized carbons (Fsp3) is 0.176. The van der Waals surface area contributed by atoms with Gasteiger partial charge in [0.05, 0.1) is 10.2 Å². The van der Waals surface area contributed by atoms with Gasteiger partial charge in [0.25, 0.3) is 5.56 Å². The summed E-state index contributed by atoms with van der Waals surface area (Å²) in [5, 5.41) is 27.8. The Balaban J connectivity index is 2.87. The first-order valence-corrected chi connectivity index (χ1v) is 8.99. The van der Waals surface area contributed by atoms with Gasteiger partial charge in [-0.15, -0.1) is 0 Å². The maximum Gasteiger partial charge on any atom is 0.342 e. The summed E-state index contributed by atoms with van der Waals surface area (Å²) >= 11 is 1.79. The summed E-state index contributed by atoms with van der Waals surface area (Å²) in [6.07, 6.45) is 0. The Labute approximate surface area is 176 Å². The molecule has 1 aromatic carbocycles. The molecule has 12 heteroatoms. The molecule has 0 spiro atoms. The molecular formula is C17H15IN2O9. The molecule has 0 saturated heterocycles. The van der Waals surface area contributed by atoms with Crippen LogP contribution in [0.4, 0.5) is 5.82 Å². The van der Waals surface area contributed by atoms with E-state index in [1.165, 1.54) is 12.1 Å². The predicted octanol–water partition coefficient (Wildman–Crippen LogP) is 1.49. The van der Waals surface area contributed by atoms with Gasteiger partial charge >= 0.3 is 17.9 Å². The molecule has 0 unspecified atom stereocenters. The number of H-pyrrole nitrogens is 1. The average molecular weight is 518 g/mol. The number of nitrogen functional groups attached to an aromatic ring is 1. The van der Waals surface area contributed by atoms with Gasteiger partial charge in [0, 0.05) is 5.56 Å². The Hall–Kier alpha value is -3.29. The number of ether oxygens (including phenoxy) is 2. The van der Waals surface area contributed by atoms with Crippen LogP contribution in [0.5, 0.6) is 11.5 Å². The lowest BCUT2D eigenvalue weighted by Gasteiger charge is -2.17. The van der Waals surface area contributed by atoms with Crippen LogP contribution in [-0.4, -0.2) is 51.4 Å². The van der Waals surface area contributed by atoms with Crippen LogP contribution in [-0.2, 0) is 4.79 Å². The number of anilines is 1. The Morgan fingerprint density at radius 3 is 2.24 bits per heavy atom. The van der Waals surface area contributed by atoms with E-state index in [-0.39, 0.29) is 23.7 Å². The number of aliphatic carboxylic acids is 1. The van der Waals surface area contributed by atoms with Crippen LogP contribution < -0.4 is 20.8 Å². The predicted molar refractivity (Wildman–Crippen MR) is 108 cm³/mol. The highest BCUT2D eigenvalue weighted by Gasteiger charge is 2.28. The topological polar surface area (TPSA) is 189 Å². The Kier molecular flexibility index (Phi) is 6.68. The molecule has 0 aliphatic rings. The number of hydrogen-bond donors (Lipinski definition) is 5. The molecule has 29 heavy (non-hydrogen) atoms. The van der Waals surface area contributed by atoms with E-state index in [0.29, 0.717) is 3.57 Å². The molecule has 0 aliphatic heterocycles. The van der Waals surface area contributed by atoms with E-state index in [2.05, 4.69) is 0 Å². The van der Waals surface area contributed by atoms with E-state index in [1.54, 1.807) is 29.5 Å². The van der Waals surface area contributed by atoms with Gasteiger partial charge in [-0.2, -0.15) is 0 Å². The molecule has 2 rings (SSSR count). The highest BCUT2D eigenvalue weighted by atomic mass is 127. The molecule has 1 heterocycles. The van der Waals surface area contributed by atoms with Crippen molar-refractivity contribution in [2.75, 3.05) is 18.9 Å². The average Bonchev–Trinajstić information content (AvgIpc) is 2.59. The van der Waals surface area contributed by atoms with Gasteiger partial charge in [-0.25, -0.2) is 14.4 Å². The largest absolute Gasteiger partial charge is 0.490 e. The zero-order valence-corrected chi connectivity index (χ0v) is 17.0. The van der Waals surface area contributed by atoms with Gasteiger partial charge in [0.1, 0.15) is 16.9 Å². The second-order valence-electron chi connectivity index (χ2n) is 5.50. The summed E-state index contributed by atoms with van der Waals surface area (Å²) in [7, 11) is 0. The van der Waals surface area contributed by atoms with Crippen LogP contribution in [0.2, 0.25) is 0 Å². The third-order valence-corrected chi connectivity index (χ3v) is 4.41. The SMILES string of the molecule is CCOc1cc(-c2c(C(=O)O)c(N)[nH]c(=O)c2C(=O)O)cc(I)c1OCC(=O)O. The number of nitrogens with two attached hydrogens (primary N) is 1. The van der Waals surface area contributed by atoms with Crippen LogP contribution in [0.1, 0.15) is 27.6 Å². The van der Waals surface area contributed by atoms with Gasteiger partial charge in [-0.05, 0) is 47.2 Å². The number of aromatic carboxylic acids is 2. The highest BCUT2D eigenvalue weighted by molar-refractivity contribution is 14.1. The van der Waals surface area contributed by atoms with Crippen LogP contribution >= 0.6 is 22.6 Å². The second-order valence-corrected chi connectivity index (χ2v) is 6.67. The van der Waals surface area contributed by atoms with Gasteiger partial charge in [0.15, 0.2) is 18.1 Å². The van der Waals surface area contributed by atoms with Crippen LogP contribution in [0.15, 0.2) is 16.9 Å². The van der Waals surface area contributed by atoms with Crippen molar-refractivity contribution in [2.45, 2.75) is 6.92 Å². The minimum absolute atomic E-state index is 0.0214. The van der Waals surface area contributed by atoms with Crippen molar-refractivity contribution < 1.29 is 39.2 Å². The van der Waals surface area contributed by atoms with Crippen molar-refractivity contribution in [1.82, 2.24) is 4.98 Å². The molecule has 154 valence electrons. The number of halogens is 1. The number of benzene rings is 1. The number of rotatable bonds is 8. The van der Waals surface area contributed by atoms with Gasteiger partial charge < -0.3 is 35.5 Å². The lowest BCUT2D eigenvalue weighted by molar-refractivity contribution is -0.139. The first kappa shape index (κ1) is 22.0. The van der Waals surface area contributed by atoms with Gasteiger partial charge in [-0.1, -0.05) is 0 Å². The Morgan fingerprint density at radius 1 is 1.10 bits per heavy atom. The van der Waals surface area contributed by atoms with E-state index < -0.39 is 52.6 Å². The number of hydrogen-bond acceptors (Lipinski definition) is 7. The number of nitrogens with one attached hydrogen (secondary N) is 1. The fourth-order valence-electron chi connectivity index (χ4n) is 2.58. The third-order valence-electron chi connectivity index (χ3n) is 3.61. The van der Waals surface area contributed by atoms with Crippen molar-refractivity contribution in [3.8, 4) is 22.6 Å². The summed E-state index contributed by atoms with van der Waals surface area (Å²) < 4.78 is 11.0. The molecule has 0 aliphatic carbocycles. The molecule has 2 aromatic rings. The van der Waals surface area contributed by atoms with Crippen molar-refractivity contribution in [2.24, 2.45) is 0 Å². The maximum absolute atomic E-state index is 12.2. The minimum Gasteiger partial charge on any atom is -0.490 e. The Bertz CT molecular complexity index is 1060. The van der Waals surface area contributed by atoms with Crippen LogP contribution in [0.3, 0.4) is 0 Å². The highest BCUT2D eigenvalue weighted by Crippen LogP contribution is 2.39. The zero-order valence-electron chi connectivity index (χ0n) is 14.8. The number of pyridine rings is 1. The minimum atomic E-state index is -1.65. The lowest BCUT2D eigenvalue weighted by atomic mass is 9.95. The molecule has 11 nitrogen and oxygen atoms in total. The normalized spacial score (nSPS) is 10.4. The van der Waals surface area contributed by atoms with E-state index in [1.807, 2.05) is 4.98 Å². The van der Waals surface area contributed by atoms with E-state index >= 15 is 0 Å². The van der Waals surface area contributed by atoms with Crippen molar-refractivity contribution in [3.63, 3.8) is 0 Å². The smallest absolute Gasteiger partial charge is 0.342 e. The molecule has 0 saturated carbocycles. The van der Waals surface area contributed by atoms with Crippen molar-refractivity contribution in [1.29, 1.82) is 0 Å². The first-order chi connectivity index (χ1) is 13.6. The molecule has 0 bridgehead atoms. The molecule has 0 radical (unpaired) electrons. The quantitative estimate of drug-likeness (QED) is 0.320. The second kappa shape index (κ2) is 8.81. The van der Waals surface area contributed by atoms with Gasteiger partial charge in [0.2, 0.25) is 0 Å². The molecule has 1 aromatic heterocycles. The maximum atomic E-state index is 12.2. The van der Waals surface area contributed by atoms with E-state index in [9.17, 15) is 29.4 Å². The number of aromatic amines is 1. The molecular weight excluding hydrogens is 503 g/mol. The third kappa shape index (κ3) is 4.59. The van der Waals surface area contributed by atoms with Gasteiger partial charge in [-0.3, -0.25) is 4.79 Å². The number of carboxylic acids is 3. The summed E-state index contributed by atoms with van der Waals surface area (Å²) in [4.78, 5) is 48.4. The van der Waals surface area contributed by atoms with Crippen LogP contribution in [0, 0.1) is 3.57 Å². The molecule has 0 fully saturated rings.